The molecule has 2 N–H and O–H groups in total. The van der Waals surface area contributed by atoms with Crippen LogP contribution >= 0.6 is 15.9 Å². The van der Waals surface area contributed by atoms with Gasteiger partial charge in [-0.15, -0.1) is 0 Å². The molecule has 1 unspecified atom stereocenters. The van der Waals surface area contributed by atoms with Crippen LogP contribution in [0.15, 0.2) is 15.5 Å². The first-order chi connectivity index (χ1) is 8.06. The Morgan fingerprint density at radius 2 is 2.41 bits per heavy atom. The summed E-state index contributed by atoms with van der Waals surface area (Å²) >= 11 is 3.21. The van der Waals surface area contributed by atoms with Crippen LogP contribution in [-0.4, -0.2) is 41.3 Å². The minimum atomic E-state index is -0.509. The van der Waals surface area contributed by atoms with Crippen LogP contribution in [0.5, 0.6) is 0 Å². The maximum absolute atomic E-state index is 11.5. The third kappa shape index (κ3) is 4.10. The number of aliphatic hydroxyl groups excluding tert-OH is 1. The summed E-state index contributed by atoms with van der Waals surface area (Å²) in [6, 6.07) is 0. The number of hydrogen-bond donors (Lipinski definition) is 2. The highest BCUT2D eigenvalue weighted by atomic mass is 79.9. The zero-order valence-corrected chi connectivity index (χ0v) is 11.4. The molecule has 6 nitrogen and oxygen atoms in total. The highest BCUT2D eigenvalue weighted by Gasteiger charge is 2.07. The number of aliphatic hydroxyl groups is 1. The molecule has 0 aliphatic carbocycles. The number of methoxy groups -OCH3 is 1. The lowest BCUT2D eigenvalue weighted by Gasteiger charge is -2.11. The molecule has 7 heteroatoms. The van der Waals surface area contributed by atoms with Gasteiger partial charge in [0.05, 0.1) is 24.6 Å². The molecule has 1 aromatic rings. The summed E-state index contributed by atoms with van der Waals surface area (Å²) in [6.07, 6.45) is 1.59. The Balaban J connectivity index is 2.53. The van der Waals surface area contributed by atoms with Gasteiger partial charge in [-0.1, -0.05) is 0 Å². The van der Waals surface area contributed by atoms with E-state index >= 15 is 0 Å². The van der Waals surface area contributed by atoms with Gasteiger partial charge in [0.15, 0.2) is 0 Å². The van der Waals surface area contributed by atoms with Crippen LogP contribution in [0.2, 0.25) is 0 Å². The normalized spacial score (nSPS) is 12.5. The molecule has 1 rings (SSSR count). The largest absolute Gasteiger partial charge is 0.391 e. The first kappa shape index (κ1) is 14.1. The third-order valence-corrected chi connectivity index (χ3v) is 3.00. The number of hydrogen-bond acceptors (Lipinski definition) is 5. The Kier molecular flexibility index (Phi) is 5.60. The van der Waals surface area contributed by atoms with E-state index in [9.17, 15) is 9.90 Å². The first-order valence-electron chi connectivity index (χ1n) is 5.19. The molecule has 0 amide bonds. The molecule has 0 saturated carbocycles. The molecule has 0 fully saturated rings. The summed E-state index contributed by atoms with van der Waals surface area (Å²) < 4.78 is 6.50. The topological polar surface area (TPSA) is 76.4 Å². The lowest BCUT2D eigenvalue weighted by atomic mass is 10.2. The van der Waals surface area contributed by atoms with Gasteiger partial charge in [0.1, 0.15) is 4.47 Å². The molecule has 96 valence electrons. The number of aromatic nitrogens is 2. The van der Waals surface area contributed by atoms with Crippen molar-refractivity contribution in [1.82, 2.24) is 9.78 Å². The molecule has 0 saturated heterocycles. The van der Waals surface area contributed by atoms with Gasteiger partial charge in [0, 0.05) is 20.7 Å². The predicted molar refractivity (Wildman–Crippen MR) is 68.2 cm³/mol. The van der Waals surface area contributed by atoms with Gasteiger partial charge in [-0.25, -0.2) is 4.68 Å². The monoisotopic (exact) mass is 305 g/mol. The molecule has 0 aliphatic rings. The van der Waals surface area contributed by atoms with E-state index in [-0.39, 0.29) is 5.56 Å². The maximum atomic E-state index is 11.5. The van der Waals surface area contributed by atoms with Crippen molar-refractivity contribution >= 4 is 21.6 Å². The van der Waals surface area contributed by atoms with Gasteiger partial charge < -0.3 is 15.2 Å². The van der Waals surface area contributed by atoms with Crippen LogP contribution in [-0.2, 0) is 11.8 Å². The number of nitrogens with zero attached hydrogens (tertiary/aromatic N) is 2. The summed E-state index contributed by atoms with van der Waals surface area (Å²) in [5, 5.41) is 16.4. The van der Waals surface area contributed by atoms with E-state index in [1.165, 1.54) is 11.8 Å². The fourth-order valence-corrected chi connectivity index (χ4v) is 1.78. The van der Waals surface area contributed by atoms with Crippen molar-refractivity contribution < 1.29 is 9.84 Å². The highest BCUT2D eigenvalue weighted by Crippen LogP contribution is 2.15. The lowest BCUT2D eigenvalue weighted by molar-refractivity contribution is 0.0615. The van der Waals surface area contributed by atoms with Gasteiger partial charge in [-0.3, -0.25) is 4.79 Å². The van der Waals surface area contributed by atoms with E-state index < -0.39 is 6.10 Å². The second-order valence-corrected chi connectivity index (χ2v) is 4.42. The summed E-state index contributed by atoms with van der Waals surface area (Å²) in [4.78, 5) is 11.5. The summed E-state index contributed by atoms with van der Waals surface area (Å²) in [7, 11) is 3.12. The Hall–Kier alpha value is -0.920. The molecule has 17 heavy (non-hydrogen) atoms. The van der Waals surface area contributed by atoms with E-state index in [0.29, 0.717) is 29.7 Å². The zero-order chi connectivity index (χ0) is 12.8. The molecule has 1 aromatic heterocycles. The van der Waals surface area contributed by atoms with Gasteiger partial charge >= 0.3 is 0 Å². The average molecular weight is 306 g/mol. The Labute approximate surface area is 108 Å². The van der Waals surface area contributed by atoms with Crippen LogP contribution in [0, 0.1) is 0 Å². The van der Waals surface area contributed by atoms with Crippen molar-refractivity contribution in [2.75, 3.05) is 25.6 Å². The molecule has 1 atom stereocenters. The van der Waals surface area contributed by atoms with Crippen LogP contribution in [0.25, 0.3) is 0 Å². The molecule has 0 radical (unpaired) electrons. The summed E-state index contributed by atoms with van der Waals surface area (Å²) in [5.74, 6) is 0. The first-order valence-corrected chi connectivity index (χ1v) is 5.98. The highest BCUT2D eigenvalue weighted by molar-refractivity contribution is 9.10. The zero-order valence-electron chi connectivity index (χ0n) is 9.81. The smallest absolute Gasteiger partial charge is 0.282 e. The van der Waals surface area contributed by atoms with Gasteiger partial charge in [-0.2, -0.15) is 5.10 Å². The SMILES string of the molecule is COCC(O)CCNc1cnn(C)c(=O)c1Br. The standard InChI is InChI=1S/C10H16BrN3O3/c1-14-10(16)9(11)8(5-13-14)12-4-3-7(15)6-17-2/h5,7,12,15H,3-4,6H2,1-2H3. The van der Waals surface area contributed by atoms with Crippen LogP contribution < -0.4 is 10.9 Å². The number of ether oxygens (including phenoxy) is 1. The van der Waals surface area contributed by atoms with Gasteiger partial charge in [0.25, 0.3) is 5.56 Å². The van der Waals surface area contributed by atoms with Crippen molar-refractivity contribution in [1.29, 1.82) is 0 Å². The number of halogens is 1. The van der Waals surface area contributed by atoms with Crippen molar-refractivity contribution in [2.24, 2.45) is 7.05 Å². The quantitative estimate of drug-likeness (QED) is 0.793. The molecule has 1 heterocycles. The minimum absolute atomic E-state index is 0.201. The van der Waals surface area contributed by atoms with E-state index in [4.69, 9.17) is 4.74 Å². The number of anilines is 1. The Bertz CT molecular complexity index is 422. The van der Waals surface area contributed by atoms with Crippen molar-refractivity contribution in [3.63, 3.8) is 0 Å². The summed E-state index contributed by atoms with van der Waals surface area (Å²) in [5.41, 5.74) is 0.421. The van der Waals surface area contributed by atoms with Crippen molar-refractivity contribution in [3.8, 4) is 0 Å². The number of rotatable bonds is 6. The van der Waals surface area contributed by atoms with Crippen molar-refractivity contribution in [3.05, 3.63) is 21.0 Å². The van der Waals surface area contributed by atoms with Crippen LogP contribution in [0.1, 0.15) is 6.42 Å². The Morgan fingerprint density at radius 3 is 3.06 bits per heavy atom. The fourth-order valence-electron chi connectivity index (χ4n) is 1.28. The minimum Gasteiger partial charge on any atom is -0.391 e. The molecule has 0 spiro atoms. The Morgan fingerprint density at radius 1 is 1.71 bits per heavy atom. The second-order valence-electron chi connectivity index (χ2n) is 3.63. The van der Waals surface area contributed by atoms with Crippen LogP contribution in [0.3, 0.4) is 0 Å². The second kappa shape index (κ2) is 6.73. The van der Waals surface area contributed by atoms with E-state index in [2.05, 4.69) is 26.3 Å². The molecular formula is C10H16BrN3O3. The maximum Gasteiger partial charge on any atom is 0.282 e. The van der Waals surface area contributed by atoms with E-state index in [1.807, 2.05) is 0 Å². The molecular weight excluding hydrogens is 290 g/mol. The van der Waals surface area contributed by atoms with Gasteiger partial charge in [0.2, 0.25) is 0 Å². The number of aryl methyl sites for hydroxylation is 1. The predicted octanol–water partition coefficient (Wildman–Crippen LogP) is 0.352. The number of nitrogens with one attached hydrogen (secondary N) is 1. The van der Waals surface area contributed by atoms with Gasteiger partial charge in [-0.05, 0) is 22.4 Å². The average Bonchev–Trinajstić information content (AvgIpc) is 2.29. The lowest BCUT2D eigenvalue weighted by Crippen LogP contribution is -2.23. The van der Waals surface area contributed by atoms with Crippen LogP contribution in [0.4, 0.5) is 5.69 Å². The summed E-state index contributed by atoms with van der Waals surface area (Å²) in [6.45, 7) is 0.843. The molecule has 0 aromatic carbocycles. The van der Waals surface area contributed by atoms with E-state index in [0.717, 1.165) is 0 Å². The van der Waals surface area contributed by atoms with Crippen molar-refractivity contribution in [2.45, 2.75) is 12.5 Å². The fraction of sp³-hybridized carbons (Fsp3) is 0.600. The van der Waals surface area contributed by atoms with E-state index in [1.54, 1.807) is 13.2 Å². The molecule has 0 aliphatic heterocycles. The molecule has 0 bridgehead atoms. The third-order valence-electron chi connectivity index (χ3n) is 2.23.